The van der Waals surface area contributed by atoms with Crippen molar-refractivity contribution in [1.29, 1.82) is 0 Å². The van der Waals surface area contributed by atoms with Crippen LogP contribution in [0.3, 0.4) is 0 Å². The quantitative estimate of drug-likeness (QED) is 0.237. The summed E-state index contributed by atoms with van der Waals surface area (Å²) in [5, 5.41) is 11.2. The average Bonchev–Trinajstić information content (AvgIpc) is 3.16. The van der Waals surface area contributed by atoms with Crippen LogP contribution >= 0.6 is 15.9 Å². The fraction of sp³-hybridized carbons (Fsp3) is 0.214. The van der Waals surface area contributed by atoms with Gasteiger partial charge in [-0.1, -0.05) is 46.3 Å². The van der Waals surface area contributed by atoms with Crippen molar-refractivity contribution >= 4 is 33.4 Å². The molecule has 1 heterocycles. The highest BCUT2D eigenvalue weighted by atomic mass is 79.9. The summed E-state index contributed by atoms with van der Waals surface area (Å²) < 4.78 is 16.9. The molecule has 3 aromatic rings. The molecule has 1 saturated heterocycles. The Morgan fingerprint density at radius 2 is 1.64 bits per heavy atom. The van der Waals surface area contributed by atoms with Gasteiger partial charge in [0.15, 0.2) is 11.5 Å². The van der Waals surface area contributed by atoms with Crippen molar-refractivity contribution < 1.29 is 28.9 Å². The molecule has 0 saturated carbocycles. The summed E-state index contributed by atoms with van der Waals surface area (Å²) in [7, 11) is 4.68. The zero-order valence-electron chi connectivity index (χ0n) is 20.2. The van der Waals surface area contributed by atoms with Crippen LogP contribution in [0.25, 0.3) is 5.76 Å². The van der Waals surface area contributed by atoms with Crippen LogP contribution in [0.1, 0.15) is 22.7 Å². The lowest BCUT2D eigenvalue weighted by Gasteiger charge is -2.26. The number of hydrogen-bond acceptors (Lipinski definition) is 6. The molecule has 7 nitrogen and oxygen atoms in total. The smallest absolute Gasteiger partial charge is 0.295 e. The highest BCUT2D eigenvalue weighted by molar-refractivity contribution is 9.10. The lowest BCUT2D eigenvalue weighted by molar-refractivity contribution is -0.139. The van der Waals surface area contributed by atoms with Crippen molar-refractivity contribution in [2.45, 2.75) is 12.5 Å². The van der Waals surface area contributed by atoms with E-state index >= 15 is 0 Å². The van der Waals surface area contributed by atoms with Gasteiger partial charge in [-0.3, -0.25) is 9.59 Å². The maximum absolute atomic E-state index is 13.2. The topological polar surface area (TPSA) is 85.3 Å². The van der Waals surface area contributed by atoms with E-state index in [4.69, 9.17) is 14.2 Å². The molecule has 186 valence electrons. The molecule has 1 aliphatic rings. The Morgan fingerprint density at radius 1 is 0.917 bits per heavy atom. The Balaban J connectivity index is 1.75. The predicted molar refractivity (Wildman–Crippen MR) is 139 cm³/mol. The number of carbonyl (C=O) groups is 2. The lowest BCUT2D eigenvalue weighted by Crippen LogP contribution is -2.31. The number of amides is 1. The fourth-order valence-electron chi connectivity index (χ4n) is 4.32. The summed E-state index contributed by atoms with van der Waals surface area (Å²) >= 11 is 3.38. The van der Waals surface area contributed by atoms with Crippen LogP contribution in [0.5, 0.6) is 17.2 Å². The van der Waals surface area contributed by atoms with Crippen LogP contribution in [-0.4, -0.2) is 49.6 Å². The molecule has 1 unspecified atom stereocenters. The molecule has 1 amide bonds. The summed E-state index contributed by atoms with van der Waals surface area (Å²) in [5.74, 6) is 0.158. The van der Waals surface area contributed by atoms with Gasteiger partial charge in [-0.2, -0.15) is 0 Å². The first kappa shape index (κ1) is 25.3. The molecule has 0 aliphatic carbocycles. The molecule has 0 spiro atoms. The number of likely N-dealkylation sites (tertiary alicyclic amines) is 1. The van der Waals surface area contributed by atoms with Crippen molar-refractivity contribution in [2.75, 3.05) is 27.9 Å². The second kappa shape index (κ2) is 10.9. The molecule has 0 aromatic heterocycles. The van der Waals surface area contributed by atoms with Crippen LogP contribution in [0.4, 0.5) is 0 Å². The highest BCUT2D eigenvalue weighted by Crippen LogP contribution is 2.40. The van der Waals surface area contributed by atoms with E-state index in [0.29, 0.717) is 34.8 Å². The first-order chi connectivity index (χ1) is 17.4. The Bertz CT molecular complexity index is 1320. The van der Waals surface area contributed by atoms with E-state index in [-0.39, 0.29) is 17.9 Å². The normalized spacial score (nSPS) is 16.8. The summed E-state index contributed by atoms with van der Waals surface area (Å²) in [4.78, 5) is 28.0. The van der Waals surface area contributed by atoms with Gasteiger partial charge in [0, 0.05) is 16.6 Å². The number of aliphatic hydroxyl groups excluding tert-OH is 1. The predicted octanol–water partition coefficient (Wildman–Crippen LogP) is 5.14. The number of rotatable bonds is 8. The third-order valence-electron chi connectivity index (χ3n) is 6.16. The Hall–Kier alpha value is -3.78. The minimum absolute atomic E-state index is 0.0443. The van der Waals surface area contributed by atoms with Crippen molar-refractivity contribution in [2.24, 2.45) is 0 Å². The zero-order chi connectivity index (χ0) is 25.8. The molecule has 1 N–H and O–H groups in total. The largest absolute Gasteiger partial charge is 0.507 e. The van der Waals surface area contributed by atoms with E-state index in [1.807, 2.05) is 18.2 Å². The van der Waals surface area contributed by atoms with E-state index < -0.39 is 17.7 Å². The van der Waals surface area contributed by atoms with Crippen LogP contribution in [0.15, 0.2) is 76.8 Å². The monoisotopic (exact) mass is 551 g/mol. The Kier molecular flexibility index (Phi) is 7.64. The zero-order valence-corrected chi connectivity index (χ0v) is 21.7. The standard InChI is InChI=1S/C28H26BrNO6/c1-34-21-6-4-5-19(16-21)25-24(26(31)18-8-10-20(29)11-9-18)27(32)28(33)30(25)14-13-17-7-12-22(35-2)23(15-17)36-3/h4-12,15-16,25,31H,13-14H2,1-3H3/b26-24-. The van der Waals surface area contributed by atoms with Gasteiger partial charge in [-0.15, -0.1) is 0 Å². The maximum Gasteiger partial charge on any atom is 0.295 e. The molecular weight excluding hydrogens is 526 g/mol. The number of halogens is 1. The summed E-state index contributed by atoms with van der Waals surface area (Å²) in [6.45, 7) is 0.249. The SMILES string of the molecule is COc1cccc(C2/C(=C(/O)c3ccc(Br)cc3)C(=O)C(=O)N2CCc2ccc(OC)c(OC)c2)c1. The van der Waals surface area contributed by atoms with E-state index in [0.717, 1.165) is 10.0 Å². The van der Waals surface area contributed by atoms with E-state index in [2.05, 4.69) is 15.9 Å². The third kappa shape index (κ3) is 4.95. The summed E-state index contributed by atoms with van der Waals surface area (Å²) in [5.41, 5.74) is 2.07. The fourth-order valence-corrected chi connectivity index (χ4v) is 4.58. The number of Topliss-reactive ketones (excluding diaryl/α,β-unsaturated/α-hetero) is 1. The number of benzene rings is 3. The molecule has 0 radical (unpaired) electrons. The van der Waals surface area contributed by atoms with E-state index in [1.54, 1.807) is 69.9 Å². The van der Waals surface area contributed by atoms with Gasteiger partial charge in [0.05, 0.1) is 32.9 Å². The summed E-state index contributed by atoms with van der Waals surface area (Å²) in [6, 6.07) is 18.9. The molecule has 1 aliphatic heterocycles. The number of ether oxygens (including phenoxy) is 3. The van der Waals surface area contributed by atoms with Gasteiger partial charge >= 0.3 is 0 Å². The van der Waals surface area contributed by atoms with Gasteiger partial charge in [0.25, 0.3) is 11.7 Å². The molecule has 1 fully saturated rings. The van der Waals surface area contributed by atoms with Crippen LogP contribution in [-0.2, 0) is 16.0 Å². The van der Waals surface area contributed by atoms with Crippen LogP contribution < -0.4 is 14.2 Å². The molecule has 36 heavy (non-hydrogen) atoms. The molecule has 4 rings (SSSR count). The third-order valence-corrected chi connectivity index (χ3v) is 6.69. The van der Waals surface area contributed by atoms with Gasteiger partial charge in [-0.25, -0.2) is 0 Å². The molecule has 1 atom stereocenters. The number of methoxy groups -OCH3 is 3. The number of aliphatic hydroxyl groups is 1. The van der Waals surface area contributed by atoms with Crippen LogP contribution in [0, 0.1) is 0 Å². The highest BCUT2D eigenvalue weighted by Gasteiger charge is 2.46. The summed E-state index contributed by atoms with van der Waals surface area (Å²) in [6.07, 6.45) is 0.464. The average molecular weight is 552 g/mol. The molecule has 8 heteroatoms. The van der Waals surface area contributed by atoms with E-state index in [9.17, 15) is 14.7 Å². The van der Waals surface area contributed by atoms with Crippen molar-refractivity contribution in [3.8, 4) is 17.2 Å². The number of ketones is 1. The molecule has 0 bridgehead atoms. The first-order valence-electron chi connectivity index (χ1n) is 11.3. The lowest BCUT2D eigenvalue weighted by atomic mass is 9.95. The number of carbonyl (C=O) groups excluding carboxylic acids is 2. The minimum atomic E-state index is -0.774. The maximum atomic E-state index is 13.2. The molecule has 3 aromatic carbocycles. The molecular formula is C28H26BrNO6. The van der Waals surface area contributed by atoms with Gasteiger partial charge in [0.1, 0.15) is 11.5 Å². The van der Waals surface area contributed by atoms with Crippen LogP contribution in [0.2, 0.25) is 0 Å². The van der Waals surface area contributed by atoms with E-state index in [1.165, 1.54) is 4.90 Å². The van der Waals surface area contributed by atoms with Gasteiger partial charge in [-0.05, 0) is 53.9 Å². The number of nitrogens with zero attached hydrogens (tertiary/aromatic N) is 1. The Morgan fingerprint density at radius 3 is 2.31 bits per heavy atom. The van der Waals surface area contributed by atoms with Gasteiger partial charge < -0.3 is 24.2 Å². The second-order valence-electron chi connectivity index (χ2n) is 8.22. The number of hydrogen-bond donors (Lipinski definition) is 1. The minimum Gasteiger partial charge on any atom is -0.507 e. The van der Waals surface area contributed by atoms with Crippen molar-refractivity contribution in [3.05, 3.63) is 93.5 Å². The van der Waals surface area contributed by atoms with Crippen molar-refractivity contribution in [1.82, 2.24) is 4.90 Å². The second-order valence-corrected chi connectivity index (χ2v) is 9.13. The first-order valence-corrected chi connectivity index (χ1v) is 12.1. The van der Waals surface area contributed by atoms with Gasteiger partial charge in [0.2, 0.25) is 0 Å². The van der Waals surface area contributed by atoms with Crippen molar-refractivity contribution in [3.63, 3.8) is 0 Å². The Labute approximate surface area is 218 Å².